The van der Waals surface area contributed by atoms with E-state index in [0.29, 0.717) is 37.3 Å². The maximum Gasteiger partial charge on any atom is 0.573 e. The number of ether oxygens (including phenoxy) is 1. The first kappa shape index (κ1) is 23.1. The van der Waals surface area contributed by atoms with E-state index in [0.717, 1.165) is 17.7 Å². The standard InChI is InChI=1S/C23H25F3N4O3/c1-2-16-5-3-4-6-19(16)27-20(31)15-30-13-11-22(12-14-30)28-21(29-33-22)17-7-9-18(10-8-17)32-23(24,25)26/h3-10H,2,11-15H2,1H3,(H,27,31)(H,28,29). The summed E-state index contributed by atoms with van der Waals surface area (Å²) >= 11 is 0. The maximum atomic E-state index is 12.5. The number of hydrogen-bond donors (Lipinski definition) is 2. The van der Waals surface area contributed by atoms with Crippen molar-refractivity contribution in [3.8, 4) is 5.75 Å². The van der Waals surface area contributed by atoms with Gasteiger partial charge in [-0.2, -0.15) is 0 Å². The fraction of sp³-hybridized carbons (Fsp3) is 0.391. The van der Waals surface area contributed by atoms with Crippen molar-refractivity contribution in [1.29, 1.82) is 0 Å². The van der Waals surface area contributed by atoms with E-state index < -0.39 is 12.1 Å². The van der Waals surface area contributed by atoms with Crippen molar-refractivity contribution in [1.82, 2.24) is 10.4 Å². The highest BCUT2D eigenvalue weighted by molar-refractivity contribution is 5.99. The minimum absolute atomic E-state index is 0.0670. The number of piperidine rings is 1. The van der Waals surface area contributed by atoms with Crippen molar-refractivity contribution in [3.63, 3.8) is 0 Å². The Morgan fingerprint density at radius 2 is 1.88 bits per heavy atom. The summed E-state index contributed by atoms with van der Waals surface area (Å²) in [6.07, 6.45) is -2.73. The second-order valence-electron chi connectivity index (χ2n) is 8.02. The first-order valence-corrected chi connectivity index (χ1v) is 10.8. The number of hydrogen-bond acceptors (Lipinski definition) is 6. The van der Waals surface area contributed by atoms with Crippen LogP contribution in [0.15, 0.2) is 53.5 Å². The summed E-state index contributed by atoms with van der Waals surface area (Å²) in [5.41, 5.74) is 4.56. The summed E-state index contributed by atoms with van der Waals surface area (Å²) in [5.74, 6) is 0.0900. The van der Waals surface area contributed by atoms with Crippen molar-refractivity contribution in [3.05, 3.63) is 59.7 Å². The molecule has 10 heteroatoms. The van der Waals surface area contributed by atoms with Crippen LogP contribution in [0.5, 0.6) is 5.75 Å². The van der Waals surface area contributed by atoms with Gasteiger partial charge in [0, 0.05) is 37.2 Å². The van der Waals surface area contributed by atoms with Crippen LogP contribution in [0.4, 0.5) is 18.9 Å². The highest BCUT2D eigenvalue weighted by Crippen LogP contribution is 2.31. The van der Waals surface area contributed by atoms with Crippen molar-refractivity contribution >= 4 is 17.4 Å². The molecule has 2 N–H and O–H groups in total. The fourth-order valence-electron chi connectivity index (χ4n) is 3.95. The number of nitrogens with zero attached hydrogens (tertiary/aromatic N) is 2. The topological polar surface area (TPSA) is 75.2 Å². The molecule has 0 aromatic heterocycles. The largest absolute Gasteiger partial charge is 0.573 e. The highest BCUT2D eigenvalue weighted by atomic mass is 19.4. The van der Waals surface area contributed by atoms with Gasteiger partial charge in [-0.05, 0) is 42.3 Å². The zero-order valence-electron chi connectivity index (χ0n) is 18.1. The molecule has 0 unspecified atom stereocenters. The van der Waals surface area contributed by atoms with Gasteiger partial charge in [-0.15, -0.1) is 13.2 Å². The van der Waals surface area contributed by atoms with Crippen molar-refractivity contribution in [2.45, 2.75) is 38.3 Å². The predicted octanol–water partition coefficient (Wildman–Crippen LogP) is 3.86. The summed E-state index contributed by atoms with van der Waals surface area (Å²) in [6, 6.07) is 13.2. The molecule has 1 amide bonds. The maximum absolute atomic E-state index is 12.5. The number of benzene rings is 2. The number of aliphatic imine (C=N–C) groups is 1. The van der Waals surface area contributed by atoms with Crippen LogP contribution in [0.1, 0.15) is 30.9 Å². The molecule has 1 saturated heterocycles. The van der Waals surface area contributed by atoms with Crippen LogP contribution in [0, 0.1) is 0 Å². The predicted molar refractivity (Wildman–Crippen MR) is 117 cm³/mol. The molecule has 176 valence electrons. The van der Waals surface area contributed by atoms with Gasteiger partial charge in [0.15, 0.2) is 11.6 Å². The van der Waals surface area contributed by atoms with Gasteiger partial charge < -0.3 is 10.1 Å². The van der Waals surface area contributed by atoms with E-state index in [1.54, 1.807) is 0 Å². The average molecular weight is 462 g/mol. The minimum atomic E-state index is -4.73. The molecular formula is C23H25F3N4O3. The Labute approximate surface area is 189 Å². The Hall–Kier alpha value is -3.11. The molecule has 7 nitrogen and oxygen atoms in total. The third kappa shape index (κ3) is 5.82. The monoisotopic (exact) mass is 462 g/mol. The second-order valence-corrected chi connectivity index (χ2v) is 8.02. The van der Waals surface area contributed by atoms with Gasteiger partial charge in [0.1, 0.15) is 5.75 Å². The number of hydroxylamine groups is 1. The van der Waals surface area contributed by atoms with E-state index in [-0.39, 0.29) is 18.2 Å². The quantitative estimate of drug-likeness (QED) is 0.682. The summed E-state index contributed by atoms with van der Waals surface area (Å²) in [7, 11) is 0. The van der Waals surface area contributed by atoms with Gasteiger partial charge in [0.2, 0.25) is 5.91 Å². The normalized spacial score (nSPS) is 18.0. The number of para-hydroxylation sites is 1. The summed E-state index contributed by atoms with van der Waals surface area (Å²) in [6.45, 7) is 3.57. The Morgan fingerprint density at radius 3 is 2.55 bits per heavy atom. The molecule has 2 aliphatic rings. The van der Waals surface area contributed by atoms with E-state index in [1.165, 1.54) is 24.3 Å². The van der Waals surface area contributed by atoms with Crippen LogP contribution in [0.2, 0.25) is 0 Å². The van der Waals surface area contributed by atoms with E-state index in [4.69, 9.17) is 4.84 Å². The van der Waals surface area contributed by atoms with Crippen LogP contribution in [-0.2, 0) is 16.1 Å². The lowest BCUT2D eigenvalue weighted by molar-refractivity contribution is -0.274. The lowest BCUT2D eigenvalue weighted by Gasteiger charge is -2.35. The van der Waals surface area contributed by atoms with Gasteiger partial charge in [0.05, 0.1) is 6.54 Å². The zero-order chi connectivity index (χ0) is 23.5. The molecule has 2 heterocycles. The second kappa shape index (κ2) is 9.40. The molecular weight excluding hydrogens is 437 g/mol. The number of alkyl halides is 3. The first-order valence-electron chi connectivity index (χ1n) is 10.8. The first-order chi connectivity index (χ1) is 15.8. The number of amidine groups is 1. The zero-order valence-corrected chi connectivity index (χ0v) is 18.1. The Morgan fingerprint density at radius 1 is 1.18 bits per heavy atom. The van der Waals surface area contributed by atoms with Crippen molar-refractivity contribution in [2.24, 2.45) is 4.99 Å². The molecule has 0 saturated carbocycles. The lowest BCUT2D eigenvalue weighted by atomic mass is 10.0. The van der Waals surface area contributed by atoms with Crippen LogP contribution >= 0.6 is 0 Å². The molecule has 1 spiro atoms. The molecule has 2 aromatic carbocycles. The highest BCUT2D eigenvalue weighted by Gasteiger charge is 2.40. The van der Waals surface area contributed by atoms with E-state index in [2.05, 4.69) is 25.4 Å². The molecule has 1 fully saturated rings. The van der Waals surface area contributed by atoms with E-state index in [9.17, 15) is 18.0 Å². The molecule has 0 bridgehead atoms. The van der Waals surface area contributed by atoms with Crippen LogP contribution < -0.4 is 15.5 Å². The molecule has 0 atom stereocenters. The Kier molecular flexibility index (Phi) is 6.57. The molecule has 4 rings (SSSR count). The van der Waals surface area contributed by atoms with Gasteiger partial charge in [-0.25, -0.2) is 15.3 Å². The number of halogens is 3. The van der Waals surface area contributed by atoms with Gasteiger partial charge >= 0.3 is 6.36 Å². The van der Waals surface area contributed by atoms with Gasteiger partial charge in [-0.1, -0.05) is 25.1 Å². The molecule has 0 radical (unpaired) electrons. The minimum Gasteiger partial charge on any atom is -0.406 e. The number of anilines is 1. The smallest absolute Gasteiger partial charge is 0.406 e. The van der Waals surface area contributed by atoms with Crippen molar-refractivity contribution < 1.29 is 27.5 Å². The van der Waals surface area contributed by atoms with Crippen molar-refractivity contribution in [2.75, 3.05) is 25.0 Å². The van der Waals surface area contributed by atoms with Crippen LogP contribution in [-0.4, -0.2) is 48.4 Å². The summed E-state index contributed by atoms with van der Waals surface area (Å²) in [4.78, 5) is 25.0. The van der Waals surface area contributed by atoms with Crippen LogP contribution in [0.3, 0.4) is 0 Å². The number of nitrogens with one attached hydrogen (secondary N) is 2. The summed E-state index contributed by atoms with van der Waals surface area (Å²) in [5, 5.41) is 2.98. The number of likely N-dealkylation sites (tertiary alicyclic amines) is 1. The molecule has 2 aromatic rings. The molecule has 33 heavy (non-hydrogen) atoms. The number of carbonyl (C=O) groups is 1. The Bertz CT molecular complexity index is 1020. The van der Waals surface area contributed by atoms with Gasteiger partial charge in [0.25, 0.3) is 0 Å². The fourth-order valence-corrected chi connectivity index (χ4v) is 3.95. The van der Waals surface area contributed by atoms with E-state index in [1.807, 2.05) is 31.2 Å². The number of carbonyl (C=O) groups excluding carboxylic acids is 1. The third-order valence-electron chi connectivity index (χ3n) is 5.69. The summed E-state index contributed by atoms with van der Waals surface area (Å²) < 4.78 is 40.9. The average Bonchev–Trinajstić information content (AvgIpc) is 3.19. The van der Waals surface area contributed by atoms with Gasteiger partial charge in [-0.3, -0.25) is 9.69 Å². The number of aryl methyl sites for hydroxylation is 1. The molecule has 2 aliphatic heterocycles. The van der Waals surface area contributed by atoms with Crippen LogP contribution in [0.25, 0.3) is 0 Å². The molecule has 0 aliphatic carbocycles. The number of amides is 1. The Balaban J connectivity index is 1.31. The van der Waals surface area contributed by atoms with E-state index >= 15 is 0 Å². The number of rotatable bonds is 6. The SMILES string of the molecule is CCc1ccccc1NC(=O)CN1CCC2(CC1)N=C(c1ccc(OC(F)(F)F)cc1)NO2. The third-order valence-corrected chi connectivity index (χ3v) is 5.69. The lowest BCUT2D eigenvalue weighted by Crippen LogP contribution is -2.46.